The molecule has 0 radical (unpaired) electrons. The summed E-state index contributed by atoms with van der Waals surface area (Å²) >= 11 is 0. The third kappa shape index (κ3) is 2.75. The smallest absolute Gasteiger partial charge is 0.248 e. The van der Waals surface area contributed by atoms with E-state index in [1.165, 1.54) is 17.1 Å². The molecule has 6 heteroatoms. The lowest BCUT2D eigenvalue weighted by molar-refractivity contribution is -0.111. The summed E-state index contributed by atoms with van der Waals surface area (Å²) < 4.78 is 1.54. The van der Waals surface area contributed by atoms with Crippen LogP contribution in [0.2, 0.25) is 0 Å². The molecule has 1 N–H and O–H groups in total. The van der Waals surface area contributed by atoms with Gasteiger partial charge in [-0.15, -0.1) is 5.10 Å². The average Bonchev–Trinajstić information content (AvgIpc) is 2.84. The van der Waals surface area contributed by atoms with Gasteiger partial charge in [-0.25, -0.2) is 4.68 Å². The van der Waals surface area contributed by atoms with Crippen molar-refractivity contribution in [2.45, 2.75) is 6.92 Å². The molecule has 0 saturated carbocycles. The number of hydrogen-bond donors (Lipinski definition) is 1. The number of nitrogens with one attached hydrogen (secondary N) is 1. The number of hydrogen-bond acceptors (Lipinski definition) is 4. The minimum Gasteiger partial charge on any atom is -0.323 e. The van der Waals surface area contributed by atoms with Crippen LogP contribution < -0.4 is 5.32 Å². The molecule has 1 amide bonds. The zero-order valence-corrected chi connectivity index (χ0v) is 9.24. The molecule has 2 aromatic rings. The maximum absolute atomic E-state index is 11.3. The van der Waals surface area contributed by atoms with E-state index in [0.29, 0.717) is 0 Å². The van der Waals surface area contributed by atoms with Crippen molar-refractivity contribution in [3.05, 3.63) is 42.7 Å². The van der Waals surface area contributed by atoms with E-state index < -0.39 is 0 Å². The van der Waals surface area contributed by atoms with Crippen molar-refractivity contribution in [1.82, 2.24) is 20.2 Å². The van der Waals surface area contributed by atoms with E-state index in [1.807, 2.05) is 12.1 Å². The summed E-state index contributed by atoms with van der Waals surface area (Å²) in [5.74, 6) is -0.150. The van der Waals surface area contributed by atoms with Crippen molar-refractivity contribution >= 4 is 11.6 Å². The molecule has 0 fully saturated rings. The summed E-state index contributed by atoms with van der Waals surface area (Å²) in [6, 6.07) is 7.22. The topological polar surface area (TPSA) is 72.7 Å². The largest absolute Gasteiger partial charge is 0.323 e. The number of anilines is 1. The van der Waals surface area contributed by atoms with Crippen LogP contribution in [0.4, 0.5) is 5.69 Å². The molecule has 0 aliphatic rings. The summed E-state index contributed by atoms with van der Waals surface area (Å²) in [5, 5.41) is 13.6. The average molecular weight is 229 g/mol. The molecule has 6 nitrogen and oxygen atoms in total. The first kappa shape index (κ1) is 11.0. The molecule has 0 aliphatic carbocycles. The molecule has 86 valence electrons. The Morgan fingerprint density at radius 1 is 1.35 bits per heavy atom. The van der Waals surface area contributed by atoms with Gasteiger partial charge in [-0.1, -0.05) is 6.08 Å². The second kappa shape index (κ2) is 5.02. The van der Waals surface area contributed by atoms with Crippen LogP contribution in [0.3, 0.4) is 0 Å². The van der Waals surface area contributed by atoms with Crippen LogP contribution in [0.5, 0.6) is 0 Å². The zero-order chi connectivity index (χ0) is 12.1. The minimum atomic E-state index is -0.150. The highest BCUT2D eigenvalue weighted by molar-refractivity contribution is 5.99. The highest BCUT2D eigenvalue weighted by Crippen LogP contribution is 2.11. The summed E-state index contributed by atoms with van der Waals surface area (Å²) in [6.07, 6.45) is 4.66. The van der Waals surface area contributed by atoms with Gasteiger partial charge < -0.3 is 5.32 Å². The van der Waals surface area contributed by atoms with Gasteiger partial charge in [0.25, 0.3) is 0 Å². The van der Waals surface area contributed by atoms with Crippen LogP contribution in [0, 0.1) is 0 Å². The van der Waals surface area contributed by atoms with E-state index in [1.54, 1.807) is 25.1 Å². The van der Waals surface area contributed by atoms with Crippen molar-refractivity contribution in [2.75, 3.05) is 5.32 Å². The third-order valence-corrected chi connectivity index (χ3v) is 2.07. The van der Waals surface area contributed by atoms with Gasteiger partial charge in [0.1, 0.15) is 6.33 Å². The van der Waals surface area contributed by atoms with Gasteiger partial charge in [-0.3, -0.25) is 4.79 Å². The molecule has 0 bridgehead atoms. The van der Waals surface area contributed by atoms with Crippen molar-refractivity contribution in [3.63, 3.8) is 0 Å². The first-order chi connectivity index (χ1) is 8.29. The van der Waals surface area contributed by atoms with Crippen LogP contribution >= 0.6 is 0 Å². The third-order valence-electron chi connectivity index (χ3n) is 2.07. The molecule has 0 unspecified atom stereocenters. The molecule has 0 atom stereocenters. The Morgan fingerprint density at radius 2 is 2.12 bits per heavy atom. The number of carbonyl (C=O) groups excluding carboxylic acids is 1. The Labute approximate surface area is 98.0 Å². The van der Waals surface area contributed by atoms with Crippen molar-refractivity contribution in [3.8, 4) is 5.69 Å². The predicted molar refractivity (Wildman–Crippen MR) is 62.6 cm³/mol. The standard InChI is InChI=1S/C11H11N5O/c1-2-3-11(17)13-9-4-6-10(7-5-9)16-8-12-14-15-16/h2-8H,1H3,(H,13,17)/b3-2-. The highest BCUT2D eigenvalue weighted by atomic mass is 16.1. The SMILES string of the molecule is C/C=C\C(=O)Nc1ccc(-n2cnnn2)cc1. The van der Waals surface area contributed by atoms with Crippen LogP contribution in [-0.4, -0.2) is 26.1 Å². The Morgan fingerprint density at radius 3 is 2.71 bits per heavy atom. The number of benzene rings is 1. The first-order valence-electron chi connectivity index (χ1n) is 5.06. The minimum absolute atomic E-state index is 0.150. The maximum Gasteiger partial charge on any atom is 0.248 e. The summed E-state index contributed by atoms with van der Waals surface area (Å²) in [5.41, 5.74) is 1.56. The fourth-order valence-corrected chi connectivity index (χ4v) is 1.31. The summed E-state index contributed by atoms with van der Waals surface area (Å²) in [7, 11) is 0. The summed E-state index contributed by atoms with van der Waals surface area (Å²) in [6.45, 7) is 1.79. The number of amides is 1. The molecule has 0 aliphatic heterocycles. The Kier molecular flexibility index (Phi) is 3.25. The number of tetrazole rings is 1. The van der Waals surface area contributed by atoms with Crippen LogP contribution in [0.1, 0.15) is 6.92 Å². The fraction of sp³-hybridized carbons (Fsp3) is 0.0909. The van der Waals surface area contributed by atoms with Gasteiger partial charge >= 0.3 is 0 Å². The molecule has 0 saturated heterocycles. The Bertz CT molecular complexity index is 515. The van der Waals surface area contributed by atoms with Crippen molar-refractivity contribution < 1.29 is 4.79 Å². The number of carbonyl (C=O) groups is 1. The second-order valence-corrected chi connectivity index (χ2v) is 3.29. The van der Waals surface area contributed by atoms with E-state index >= 15 is 0 Å². The van der Waals surface area contributed by atoms with Gasteiger partial charge in [0.15, 0.2) is 0 Å². The lowest BCUT2D eigenvalue weighted by Crippen LogP contribution is -2.07. The van der Waals surface area contributed by atoms with Crippen molar-refractivity contribution in [2.24, 2.45) is 0 Å². The van der Waals surface area contributed by atoms with E-state index in [-0.39, 0.29) is 5.91 Å². The number of rotatable bonds is 3. The Balaban J connectivity index is 2.11. The molecular weight excluding hydrogens is 218 g/mol. The summed E-state index contributed by atoms with van der Waals surface area (Å²) in [4.78, 5) is 11.3. The zero-order valence-electron chi connectivity index (χ0n) is 9.24. The van der Waals surface area contributed by atoms with Crippen molar-refractivity contribution in [1.29, 1.82) is 0 Å². The molecule has 2 rings (SSSR count). The maximum atomic E-state index is 11.3. The second-order valence-electron chi connectivity index (χ2n) is 3.29. The van der Waals surface area contributed by atoms with Gasteiger partial charge in [0.2, 0.25) is 5.91 Å². The van der Waals surface area contributed by atoms with Crippen LogP contribution in [0.15, 0.2) is 42.7 Å². The lowest BCUT2D eigenvalue weighted by Gasteiger charge is -2.03. The monoisotopic (exact) mass is 229 g/mol. The quantitative estimate of drug-likeness (QED) is 0.802. The molecule has 1 heterocycles. The van der Waals surface area contributed by atoms with Crippen LogP contribution in [-0.2, 0) is 4.79 Å². The normalized spacial score (nSPS) is 10.6. The fourth-order valence-electron chi connectivity index (χ4n) is 1.31. The van der Waals surface area contributed by atoms with E-state index in [2.05, 4.69) is 20.8 Å². The van der Waals surface area contributed by atoms with Gasteiger partial charge in [0.05, 0.1) is 5.69 Å². The van der Waals surface area contributed by atoms with Gasteiger partial charge in [-0.2, -0.15) is 0 Å². The predicted octanol–water partition coefficient (Wildman–Crippen LogP) is 1.18. The van der Waals surface area contributed by atoms with Crippen LogP contribution in [0.25, 0.3) is 5.69 Å². The molecule has 1 aromatic heterocycles. The number of aromatic nitrogens is 4. The van der Waals surface area contributed by atoms with E-state index in [4.69, 9.17) is 0 Å². The number of allylic oxidation sites excluding steroid dienone is 1. The highest BCUT2D eigenvalue weighted by Gasteiger charge is 1.99. The molecule has 0 spiro atoms. The molecule has 1 aromatic carbocycles. The van der Waals surface area contributed by atoms with Gasteiger partial charge in [0, 0.05) is 5.69 Å². The van der Waals surface area contributed by atoms with E-state index in [9.17, 15) is 4.79 Å². The van der Waals surface area contributed by atoms with E-state index in [0.717, 1.165) is 11.4 Å². The molecular formula is C11H11N5O. The molecule has 17 heavy (non-hydrogen) atoms. The first-order valence-corrected chi connectivity index (χ1v) is 5.06. The lowest BCUT2D eigenvalue weighted by atomic mass is 10.3. The van der Waals surface area contributed by atoms with Gasteiger partial charge in [-0.05, 0) is 47.7 Å². The number of nitrogens with zero attached hydrogens (tertiary/aromatic N) is 4. The Hall–Kier alpha value is -2.50.